The zero-order valence-electron chi connectivity index (χ0n) is 10.4. The second-order valence-electron chi connectivity index (χ2n) is 3.73. The Labute approximate surface area is 113 Å². The lowest BCUT2D eigenvalue weighted by Crippen LogP contribution is -2.13. The van der Waals surface area contributed by atoms with E-state index in [-0.39, 0.29) is 26.2 Å². The van der Waals surface area contributed by atoms with Gasteiger partial charge in [0.05, 0.1) is 22.9 Å². The van der Waals surface area contributed by atoms with Gasteiger partial charge in [0.2, 0.25) is 0 Å². The Morgan fingerprint density at radius 1 is 1.47 bits per heavy atom. The summed E-state index contributed by atoms with van der Waals surface area (Å²) >= 11 is 0.780. The van der Waals surface area contributed by atoms with Gasteiger partial charge >= 0.3 is 0 Å². The molecule has 0 saturated carbocycles. The van der Waals surface area contributed by atoms with Crippen molar-refractivity contribution in [3.05, 3.63) is 4.88 Å². The molecule has 0 spiro atoms. The fraction of sp³-hybridized carbons (Fsp3) is 0.500. The molecule has 1 aromatic rings. The molecule has 3 N–H and O–H groups in total. The molecular weight excluding hydrogens is 298 g/mol. The number of halogens is 2. The van der Waals surface area contributed by atoms with Crippen LogP contribution in [0.25, 0.3) is 0 Å². The highest BCUT2D eigenvalue weighted by Gasteiger charge is 2.27. The summed E-state index contributed by atoms with van der Waals surface area (Å²) in [5, 5.41) is 2.32. The Bertz CT molecular complexity index is 582. The van der Waals surface area contributed by atoms with Gasteiger partial charge in [-0.2, -0.15) is 0 Å². The minimum atomic E-state index is -3.69. The van der Waals surface area contributed by atoms with Gasteiger partial charge < -0.3 is 11.1 Å². The third-order valence-electron chi connectivity index (χ3n) is 2.33. The van der Waals surface area contributed by atoms with Crippen LogP contribution < -0.4 is 11.1 Å². The summed E-state index contributed by atoms with van der Waals surface area (Å²) in [7, 11) is -3.69. The molecule has 0 aromatic carbocycles. The molecule has 0 unspecified atom stereocenters. The van der Waals surface area contributed by atoms with Crippen LogP contribution in [0.5, 0.6) is 0 Å². The van der Waals surface area contributed by atoms with E-state index in [2.05, 4.69) is 5.32 Å². The minimum absolute atomic E-state index is 0.00940. The molecule has 0 fully saturated rings. The Balaban J connectivity index is 3.36. The van der Waals surface area contributed by atoms with Crippen molar-refractivity contribution in [2.75, 3.05) is 23.3 Å². The summed E-state index contributed by atoms with van der Waals surface area (Å²) in [6.45, 7) is 1.95. The van der Waals surface area contributed by atoms with Gasteiger partial charge in [0.1, 0.15) is 9.90 Å². The molecule has 0 amide bonds. The number of carbonyl (C=O) groups excluding carboxylic acids is 1. The molecule has 9 heteroatoms. The first-order chi connectivity index (χ1) is 8.70. The summed E-state index contributed by atoms with van der Waals surface area (Å²) in [5.74, 6) is -0.630. The van der Waals surface area contributed by atoms with Gasteiger partial charge in [-0.3, -0.25) is 4.79 Å². The first kappa shape index (κ1) is 15.8. The number of hydrogen-bond donors (Lipinski definition) is 2. The number of anilines is 2. The van der Waals surface area contributed by atoms with Gasteiger partial charge in [-0.15, -0.1) is 11.3 Å². The summed E-state index contributed by atoms with van der Waals surface area (Å²) in [4.78, 5) is 11.1. The molecule has 0 bridgehead atoms. The highest BCUT2D eigenvalue weighted by atomic mass is 32.2. The Morgan fingerprint density at radius 3 is 2.47 bits per heavy atom. The van der Waals surface area contributed by atoms with Crippen LogP contribution in [0, 0.1) is 0 Å². The maximum Gasteiger partial charge on any atom is 0.255 e. The number of nitrogens with one attached hydrogen (secondary N) is 1. The smallest absolute Gasteiger partial charge is 0.255 e. The molecule has 108 valence electrons. The number of Topliss-reactive ketones (excluding diaryl/α,β-unsaturated/α-hetero) is 1. The van der Waals surface area contributed by atoms with Crippen molar-refractivity contribution in [2.24, 2.45) is 0 Å². The minimum Gasteiger partial charge on any atom is -0.396 e. The first-order valence-electron chi connectivity index (χ1n) is 5.38. The molecule has 0 saturated heterocycles. The first-order valence-corrected chi connectivity index (χ1v) is 7.85. The van der Waals surface area contributed by atoms with Crippen LogP contribution in [0.4, 0.5) is 19.5 Å². The largest absolute Gasteiger partial charge is 0.396 e. The number of rotatable bonds is 6. The number of ketones is 1. The van der Waals surface area contributed by atoms with Crippen molar-refractivity contribution in [3.63, 3.8) is 0 Å². The standard InChI is InChI=1S/C10H14F2N2O3S2/c1-3-19(16,17)9-7(13)8(5(2)15)18-10(9)14-4-6(11)12/h6,14H,3-4,13H2,1-2H3. The van der Waals surface area contributed by atoms with Crippen LogP contribution in [0.3, 0.4) is 0 Å². The maximum atomic E-state index is 12.2. The highest BCUT2D eigenvalue weighted by molar-refractivity contribution is 7.91. The lowest BCUT2D eigenvalue weighted by Gasteiger charge is -2.07. The molecule has 0 atom stereocenters. The van der Waals surface area contributed by atoms with E-state index in [0.29, 0.717) is 0 Å². The number of thiophene rings is 1. The van der Waals surface area contributed by atoms with E-state index >= 15 is 0 Å². The van der Waals surface area contributed by atoms with E-state index < -0.39 is 28.6 Å². The number of nitrogen functional groups attached to an aromatic ring is 1. The number of hydrogen-bond acceptors (Lipinski definition) is 6. The average Bonchev–Trinajstić information content (AvgIpc) is 2.64. The van der Waals surface area contributed by atoms with E-state index in [1.54, 1.807) is 0 Å². The summed E-state index contributed by atoms with van der Waals surface area (Å²) in [5.41, 5.74) is 5.49. The van der Waals surface area contributed by atoms with E-state index in [0.717, 1.165) is 11.3 Å². The van der Waals surface area contributed by atoms with Gasteiger partial charge in [-0.05, 0) is 0 Å². The fourth-order valence-corrected chi connectivity index (χ4v) is 4.00. The van der Waals surface area contributed by atoms with Crippen molar-refractivity contribution < 1.29 is 22.0 Å². The van der Waals surface area contributed by atoms with Gasteiger partial charge in [-0.25, -0.2) is 17.2 Å². The Morgan fingerprint density at radius 2 is 2.05 bits per heavy atom. The SMILES string of the molecule is CCS(=O)(=O)c1c(NCC(F)F)sc(C(C)=O)c1N. The quantitative estimate of drug-likeness (QED) is 0.784. The molecule has 0 aliphatic heterocycles. The number of alkyl halides is 2. The molecule has 19 heavy (non-hydrogen) atoms. The zero-order valence-corrected chi connectivity index (χ0v) is 12.0. The third kappa shape index (κ3) is 3.41. The van der Waals surface area contributed by atoms with Gasteiger partial charge in [0.15, 0.2) is 15.6 Å². The predicted octanol–water partition coefficient (Wildman–Crippen LogP) is 2.00. The van der Waals surface area contributed by atoms with E-state index in [1.807, 2.05) is 0 Å². The average molecular weight is 312 g/mol. The Hall–Kier alpha value is -1.22. The number of carbonyl (C=O) groups is 1. The molecule has 1 rings (SSSR count). The molecule has 0 aliphatic rings. The van der Waals surface area contributed by atoms with Crippen molar-refractivity contribution in [2.45, 2.75) is 25.2 Å². The van der Waals surface area contributed by atoms with E-state index in [1.165, 1.54) is 13.8 Å². The monoisotopic (exact) mass is 312 g/mol. The lowest BCUT2D eigenvalue weighted by molar-refractivity contribution is 0.102. The molecule has 0 aliphatic carbocycles. The van der Waals surface area contributed by atoms with Crippen LogP contribution in [-0.2, 0) is 9.84 Å². The van der Waals surface area contributed by atoms with Crippen molar-refractivity contribution in [3.8, 4) is 0 Å². The second kappa shape index (κ2) is 5.83. The fourth-order valence-electron chi connectivity index (χ4n) is 1.43. The van der Waals surface area contributed by atoms with Crippen LogP contribution in [-0.4, -0.2) is 32.9 Å². The van der Waals surface area contributed by atoms with Crippen LogP contribution >= 0.6 is 11.3 Å². The topological polar surface area (TPSA) is 89.3 Å². The zero-order chi connectivity index (χ0) is 14.8. The second-order valence-corrected chi connectivity index (χ2v) is 6.97. The molecule has 5 nitrogen and oxygen atoms in total. The normalized spacial score (nSPS) is 11.8. The van der Waals surface area contributed by atoms with Gasteiger partial charge in [-0.1, -0.05) is 6.92 Å². The highest BCUT2D eigenvalue weighted by Crippen LogP contribution is 2.40. The number of nitrogens with two attached hydrogens (primary N) is 1. The van der Waals surface area contributed by atoms with Crippen LogP contribution in [0.1, 0.15) is 23.5 Å². The van der Waals surface area contributed by atoms with Gasteiger partial charge in [0, 0.05) is 6.92 Å². The number of sulfone groups is 1. The van der Waals surface area contributed by atoms with Crippen LogP contribution in [0.15, 0.2) is 4.90 Å². The van der Waals surface area contributed by atoms with Crippen molar-refractivity contribution in [1.29, 1.82) is 0 Å². The molecule has 1 heterocycles. The molecule has 1 aromatic heterocycles. The molecule has 0 radical (unpaired) electrons. The Kier molecular flexibility index (Phi) is 4.86. The third-order valence-corrected chi connectivity index (χ3v) is 5.53. The van der Waals surface area contributed by atoms with Crippen LogP contribution in [0.2, 0.25) is 0 Å². The maximum absolute atomic E-state index is 12.2. The van der Waals surface area contributed by atoms with Crippen molar-refractivity contribution >= 4 is 37.6 Å². The summed E-state index contributed by atoms with van der Waals surface area (Å²) in [6, 6.07) is 0. The van der Waals surface area contributed by atoms with E-state index in [4.69, 9.17) is 5.73 Å². The summed E-state index contributed by atoms with van der Waals surface area (Å²) < 4.78 is 48.2. The van der Waals surface area contributed by atoms with Gasteiger partial charge in [0.25, 0.3) is 6.43 Å². The predicted molar refractivity (Wildman–Crippen MR) is 71.0 cm³/mol. The molecular formula is C10H14F2N2O3S2. The van der Waals surface area contributed by atoms with Crippen molar-refractivity contribution in [1.82, 2.24) is 0 Å². The summed E-state index contributed by atoms with van der Waals surface area (Å²) in [6.07, 6.45) is -2.64. The lowest BCUT2D eigenvalue weighted by atomic mass is 10.3. The van der Waals surface area contributed by atoms with E-state index in [9.17, 15) is 22.0 Å².